The number of aromatic nitrogens is 1. The Kier molecular flexibility index (Phi) is 4.54. The second kappa shape index (κ2) is 7.15. The molecule has 6 nitrogen and oxygen atoms in total. The first-order valence-electron chi connectivity index (χ1n) is 8.77. The largest absolute Gasteiger partial charge is 0.497 e. The number of hydrogen-bond acceptors (Lipinski definition) is 5. The third kappa shape index (κ3) is 3.95. The zero-order chi connectivity index (χ0) is 18.8. The minimum Gasteiger partial charge on any atom is -0.497 e. The smallest absolute Gasteiger partial charge is 0.248 e. The number of nitrogens with one attached hydrogen (secondary N) is 1. The van der Waals surface area contributed by atoms with Gasteiger partial charge < -0.3 is 19.2 Å². The average molecular weight is 364 g/mol. The van der Waals surface area contributed by atoms with Crippen molar-refractivity contribution in [1.82, 2.24) is 4.98 Å². The lowest BCUT2D eigenvalue weighted by atomic mass is 10.2. The molecule has 0 bridgehead atoms. The molecule has 138 valence electrons. The second-order valence-corrected chi connectivity index (χ2v) is 6.48. The molecule has 0 atom stereocenters. The Hall–Kier alpha value is -3.28. The van der Waals surface area contributed by atoms with E-state index in [1.807, 2.05) is 30.3 Å². The first-order chi connectivity index (χ1) is 13.1. The summed E-state index contributed by atoms with van der Waals surface area (Å²) in [4.78, 5) is 16.8. The van der Waals surface area contributed by atoms with Crippen LogP contribution in [-0.2, 0) is 4.79 Å². The molecule has 0 aliphatic heterocycles. The predicted molar refractivity (Wildman–Crippen MR) is 103 cm³/mol. The van der Waals surface area contributed by atoms with Gasteiger partial charge >= 0.3 is 0 Å². The summed E-state index contributed by atoms with van der Waals surface area (Å²) in [6, 6.07) is 10.9. The second-order valence-electron chi connectivity index (χ2n) is 6.48. The lowest BCUT2D eigenvalue weighted by Gasteiger charge is -2.06. The highest BCUT2D eigenvalue weighted by Gasteiger charge is 2.28. The molecule has 2 aromatic carbocycles. The summed E-state index contributed by atoms with van der Waals surface area (Å²) in [5.41, 5.74) is 2.99. The average Bonchev–Trinajstić information content (AvgIpc) is 3.45. The van der Waals surface area contributed by atoms with Crippen LogP contribution in [0.15, 0.2) is 46.9 Å². The number of rotatable bonds is 6. The van der Waals surface area contributed by atoms with Crippen LogP contribution in [0.5, 0.6) is 11.5 Å². The van der Waals surface area contributed by atoms with E-state index in [0.29, 0.717) is 23.1 Å². The molecular weight excluding hydrogens is 344 g/mol. The van der Waals surface area contributed by atoms with Crippen molar-refractivity contribution in [2.45, 2.75) is 18.8 Å². The lowest BCUT2D eigenvalue weighted by Crippen LogP contribution is -2.07. The van der Waals surface area contributed by atoms with E-state index >= 15 is 0 Å². The predicted octanol–water partition coefficient (Wildman–Crippen LogP) is 4.37. The van der Waals surface area contributed by atoms with Crippen molar-refractivity contribution >= 4 is 28.8 Å². The van der Waals surface area contributed by atoms with Crippen molar-refractivity contribution in [1.29, 1.82) is 0 Å². The highest BCUT2D eigenvalue weighted by atomic mass is 16.5. The summed E-state index contributed by atoms with van der Waals surface area (Å²) in [6.07, 6.45) is 5.45. The van der Waals surface area contributed by atoms with Gasteiger partial charge in [0.05, 0.1) is 14.2 Å². The molecule has 1 amide bonds. The Balaban J connectivity index is 1.47. The molecule has 27 heavy (non-hydrogen) atoms. The molecule has 4 rings (SSSR count). The van der Waals surface area contributed by atoms with E-state index in [4.69, 9.17) is 13.9 Å². The van der Waals surface area contributed by atoms with Crippen molar-refractivity contribution < 1.29 is 18.7 Å². The van der Waals surface area contributed by atoms with Crippen LogP contribution in [-0.4, -0.2) is 25.1 Å². The molecule has 0 unspecified atom stereocenters. The van der Waals surface area contributed by atoms with Crippen LogP contribution in [0.3, 0.4) is 0 Å². The molecule has 1 aromatic heterocycles. The van der Waals surface area contributed by atoms with Crippen LogP contribution in [0.2, 0.25) is 0 Å². The monoisotopic (exact) mass is 364 g/mol. The van der Waals surface area contributed by atoms with E-state index in [9.17, 15) is 4.79 Å². The number of anilines is 1. The third-order valence-electron chi connectivity index (χ3n) is 4.40. The SMILES string of the molecule is COc1cc(C=CC(=O)Nc2ccc3oc(C4CC4)nc3c2)cc(OC)c1. The maximum atomic E-state index is 12.2. The fourth-order valence-electron chi connectivity index (χ4n) is 2.81. The summed E-state index contributed by atoms with van der Waals surface area (Å²) in [6.45, 7) is 0. The lowest BCUT2D eigenvalue weighted by molar-refractivity contribution is -0.111. The summed E-state index contributed by atoms with van der Waals surface area (Å²) in [5, 5.41) is 2.85. The fourth-order valence-corrected chi connectivity index (χ4v) is 2.81. The van der Waals surface area contributed by atoms with E-state index in [-0.39, 0.29) is 5.91 Å². The standard InChI is InChI=1S/C21H20N2O4/c1-25-16-9-13(10-17(12-16)26-2)3-8-20(24)22-15-6-7-19-18(11-15)23-21(27-19)14-4-5-14/h3,6-12,14H,4-5H2,1-2H3,(H,22,24). The number of amides is 1. The molecule has 1 aliphatic rings. The number of fused-ring (bicyclic) bond motifs is 1. The van der Waals surface area contributed by atoms with Gasteiger partial charge in [0, 0.05) is 23.7 Å². The van der Waals surface area contributed by atoms with Gasteiger partial charge in [0.2, 0.25) is 5.91 Å². The van der Waals surface area contributed by atoms with Crippen LogP contribution in [0, 0.1) is 0 Å². The number of benzene rings is 2. The van der Waals surface area contributed by atoms with Crippen LogP contribution < -0.4 is 14.8 Å². The number of carbonyl (C=O) groups is 1. The quantitative estimate of drug-likeness (QED) is 0.657. The van der Waals surface area contributed by atoms with E-state index in [0.717, 1.165) is 35.4 Å². The number of methoxy groups -OCH3 is 2. The molecule has 3 aromatic rings. The van der Waals surface area contributed by atoms with Crippen molar-refractivity contribution in [2.75, 3.05) is 19.5 Å². The molecule has 0 radical (unpaired) electrons. The van der Waals surface area contributed by atoms with Crippen LogP contribution in [0.1, 0.15) is 30.2 Å². The number of oxazole rings is 1. The molecule has 1 aliphatic carbocycles. The maximum absolute atomic E-state index is 12.2. The van der Waals surface area contributed by atoms with Crippen molar-refractivity contribution in [2.24, 2.45) is 0 Å². The number of hydrogen-bond donors (Lipinski definition) is 1. The molecule has 1 fully saturated rings. The summed E-state index contributed by atoms with van der Waals surface area (Å²) in [7, 11) is 3.17. The Bertz CT molecular complexity index is 996. The van der Waals surface area contributed by atoms with Gasteiger partial charge in [-0.25, -0.2) is 4.98 Å². The summed E-state index contributed by atoms with van der Waals surface area (Å²) >= 11 is 0. The highest BCUT2D eigenvalue weighted by Crippen LogP contribution is 2.40. The number of nitrogens with zero attached hydrogens (tertiary/aromatic N) is 1. The normalized spacial score (nSPS) is 13.9. The topological polar surface area (TPSA) is 73.6 Å². The van der Waals surface area contributed by atoms with E-state index in [1.54, 1.807) is 26.4 Å². The molecule has 6 heteroatoms. The van der Waals surface area contributed by atoms with Crippen molar-refractivity contribution in [3.8, 4) is 11.5 Å². The zero-order valence-electron chi connectivity index (χ0n) is 15.2. The number of ether oxygens (including phenoxy) is 2. The van der Waals surface area contributed by atoms with Gasteiger partial charge in [0.25, 0.3) is 0 Å². The van der Waals surface area contributed by atoms with Gasteiger partial charge in [-0.3, -0.25) is 4.79 Å². The number of carbonyl (C=O) groups excluding carboxylic acids is 1. The van der Waals surface area contributed by atoms with Crippen LogP contribution in [0.4, 0.5) is 5.69 Å². The zero-order valence-corrected chi connectivity index (χ0v) is 15.2. The summed E-state index contributed by atoms with van der Waals surface area (Å²) in [5.74, 6) is 2.34. The van der Waals surface area contributed by atoms with Crippen molar-refractivity contribution in [3.05, 3.63) is 53.9 Å². The van der Waals surface area contributed by atoms with Crippen LogP contribution in [0.25, 0.3) is 17.2 Å². The molecule has 1 N–H and O–H groups in total. The van der Waals surface area contributed by atoms with Gasteiger partial charge in [0.15, 0.2) is 11.5 Å². The fraction of sp³-hybridized carbons (Fsp3) is 0.238. The highest BCUT2D eigenvalue weighted by molar-refractivity contribution is 6.02. The molecule has 1 saturated carbocycles. The van der Waals surface area contributed by atoms with Gasteiger partial charge in [0.1, 0.15) is 17.0 Å². The van der Waals surface area contributed by atoms with Crippen molar-refractivity contribution in [3.63, 3.8) is 0 Å². The Morgan fingerprint density at radius 2 is 1.89 bits per heavy atom. The maximum Gasteiger partial charge on any atom is 0.248 e. The third-order valence-corrected chi connectivity index (χ3v) is 4.40. The first kappa shape index (κ1) is 17.1. The van der Waals surface area contributed by atoms with E-state index in [1.165, 1.54) is 6.08 Å². The first-order valence-corrected chi connectivity index (χ1v) is 8.77. The minimum atomic E-state index is -0.234. The molecule has 0 spiro atoms. The molecule has 1 heterocycles. The van der Waals surface area contributed by atoms with Crippen LogP contribution >= 0.6 is 0 Å². The Morgan fingerprint density at radius 3 is 2.56 bits per heavy atom. The van der Waals surface area contributed by atoms with Gasteiger partial charge in [-0.15, -0.1) is 0 Å². The summed E-state index contributed by atoms with van der Waals surface area (Å²) < 4.78 is 16.2. The van der Waals surface area contributed by atoms with Gasteiger partial charge in [-0.05, 0) is 54.8 Å². The Morgan fingerprint density at radius 1 is 1.15 bits per heavy atom. The van der Waals surface area contributed by atoms with E-state index < -0.39 is 0 Å². The molecule has 0 saturated heterocycles. The van der Waals surface area contributed by atoms with Gasteiger partial charge in [-0.1, -0.05) is 0 Å². The van der Waals surface area contributed by atoms with Gasteiger partial charge in [-0.2, -0.15) is 0 Å². The van der Waals surface area contributed by atoms with E-state index in [2.05, 4.69) is 10.3 Å². The minimum absolute atomic E-state index is 0.234. The Labute approximate surface area is 156 Å². The molecular formula is C21H20N2O4.